The molecule has 1 amide bonds. The Kier molecular flexibility index (Phi) is 4.10. The van der Waals surface area contributed by atoms with E-state index in [2.05, 4.69) is 36.4 Å². The van der Waals surface area contributed by atoms with Gasteiger partial charge in [0.2, 0.25) is 0 Å². The Bertz CT molecular complexity index is 726. The van der Waals surface area contributed by atoms with E-state index in [4.69, 9.17) is 9.36 Å². The number of fused-ring (bicyclic) bond motifs is 1. The second-order valence-electron chi connectivity index (χ2n) is 7.28. The van der Waals surface area contributed by atoms with Crippen LogP contribution in [0.15, 0.2) is 10.6 Å². The molecule has 0 unspecified atom stereocenters. The van der Waals surface area contributed by atoms with Gasteiger partial charge in [-0.05, 0) is 37.7 Å². The van der Waals surface area contributed by atoms with Crippen molar-refractivity contribution in [2.45, 2.75) is 52.9 Å². The molecule has 6 nitrogen and oxygen atoms in total. The molecule has 1 saturated carbocycles. The quantitative estimate of drug-likeness (QED) is 0.856. The van der Waals surface area contributed by atoms with E-state index in [1.807, 2.05) is 13.0 Å². The van der Waals surface area contributed by atoms with E-state index in [1.54, 1.807) is 0 Å². The summed E-state index contributed by atoms with van der Waals surface area (Å²) in [6.07, 6.45) is 2.92. The highest BCUT2D eigenvalue weighted by molar-refractivity contribution is 6.05. The Hall–Kier alpha value is -1.95. The molecule has 23 heavy (non-hydrogen) atoms. The van der Waals surface area contributed by atoms with Crippen LogP contribution in [0.5, 0.6) is 0 Å². The highest BCUT2D eigenvalue weighted by Crippen LogP contribution is 2.40. The molecule has 0 aliphatic heterocycles. The minimum Gasteiger partial charge on any atom is -0.336 e. The molecule has 2 aromatic heterocycles. The van der Waals surface area contributed by atoms with Crippen molar-refractivity contribution in [3.63, 3.8) is 0 Å². The molecule has 0 radical (unpaired) electrons. The molecule has 1 N–H and O–H groups in total. The summed E-state index contributed by atoms with van der Waals surface area (Å²) in [5.74, 6) is 0.147. The summed E-state index contributed by atoms with van der Waals surface area (Å²) >= 11 is 0. The zero-order chi connectivity index (χ0) is 16.6. The van der Waals surface area contributed by atoms with Crippen molar-refractivity contribution in [2.24, 2.45) is 5.41 Å². The molecule has 3 rings (SSSR count). The second-order valence-corrected chi connectivity index (χ2v) is 7.28. The number of carbonyl (C=O) groups is 1. The van der Waals surface area contributed by atoms with Crippen LogP contribution >= 0.6 is 0 Å². The molecule has 0 spiro atoms. The molecule has 0 bridgehead atoms. The predicted octanol–water partition coefficient (Wildman–Crippen LogP) is 3.37. The topological polar surface area (TPSA) is 77.2 Å². The lowest BCUT2D eigenvalue weighted by atomic mass is 9.89. The number of carbonyl (C=O) groups excluding carboxylic acids is 1. The van der Waals surface area contributed by atoms with Gasteiger partial charge in [0.15, 0.2) is 0 Å². The van der Waals surface area contributed by atoms with E-state index in [0.29, 0.717) is 35.6 Å². The lowest BCUT2D eigenvalue weighted by molar-refractivity contribution is 0.0366. The molecule has 2 heterocycles. The number of hydroxylamine groups is 1. The van der Waals surface area contributed by atoms with Crippen LogP contribution in [-0.2, 0) is 11.3 Å². The van der Waals surface area contributed by atoms with Crippen molar-refractivity contribution in [3.05, 3.63) is 23.0 Å². The number of hydrogen-bond donors (Lipinski definition) is 1. The summed E-state index contributed by atoms with van der Waals surface area (Å²) in [6.45, 7) is 8.61. The number of rotatable bonds is 5. The molecule has 1 aliphatic carbocycles. The first-order valence-electron chi connectivity index (χ1n) is 8.10. The van der Waals surface area contributed by atoms with Crippen LogP contribution in [0.3, 0.4) is 0 Å². The molecule has 6 heteroatoms. The third kappa shape index (κ3) is 3.52. The monoisotopic (exact) mass is 317 g/mol. The van der Waals surface area contributed by atoms with Gasteiger partial charge in [-0.2, -0.15) is 0 Å². The SMILES string of the molecule is CCONC(=O)c1cc(C2CC2)nc2onc(CC(C)(C)C)c12. The van der Waals surface area contributed by atoms with Crippen molar-refractivity contribution in [1.29, 1.82) is 0 Å². The van der Waals surface area contributed by atoms with Crippen LogP contribution in [0, 0.1) is 5.41 Å². The third-order valence-corrected chi connectivity index (χ3v) is 3.78. The number of amides is 1. The normalized spacial score (nSPS) is 15.1. The average Bonchev–Trinajstić information content (AvgIpc) is 3.26. The fourth-order valence-corrected chi connectivity index (χ4v) is 2.61. The summed E-state index contributed by atoms with van der Waals surface area (Å²) in [6, 6.07) is 1.86. The molecule has 0 atom stereocenters. The van der Waals surface area contributed by atoms with Crippen molar-refractivity contribution in [3.8, 4) is 0 Å². The van der Waals surface area contributed by atoms with Crippen molar-refractivity contribution < 1.29 is 14.2 Å². The van der Waals surface area contributed by atoms with Crippen LogP contribution in [0.2, 0.25) is 0 Å². The first kappa shape index (κ1) is 15.9. The largest absolute Gasteiger partial charge is 0.336 e. The Morgan fingerprint density at radius 1 is 1.43 bits per heavy atom. The first-order valence-corrected chi connectivity index (χ1v) is 8.10. The van der Waals surface area contributed by atoms with Gasteiger partial charge >= 0.3 is 0 Å². The fraction of sp³-hybridized carbons (Fsp3) is 0.588. The molecular weight excluding hydrogens is 294 g/mol. The second kappa shape index (κ2) is 5.92. The van der Waals surface area contributed by atoms with Gasteiger partial charge in [-0.15, -0.1) is 0 Å². The molecule has 1 fully saturated rings. The molecule has 124 valence electrons. The summed E-state index contributed by atoms with van der Waals surface area (Å²) in [5, 5.41) is 4.86. The smallest absolute Gasteiger partial charge is 0.275 e. The van der Waals surface area contributed by atoms with E-state index >= 15 is 0 Å². The summed E-state index contributed by atoms with van der Waals surface area (Å²) in [4.78, 5) is 22.1. The van der Waals surface area contributed by atoms with Gasteiger partial charge in [0.1, 0.15) is 0 Å². The maximum absolute atomic E-state index is 12.5. The van der Waals surface area contributed by atoms with Gasteiger partial charge in [0.25, 0.3) is 11.6 Å². The third-order valence-electron chi connectivity index (χ3n) is 3.78. The molecule has 1 aliphatic rings. The van der Waals surface area contributed by atoms with Gasteiger partial charge in [0.05, 0.1) is 23.3 Å². The highest BCUT2D eigenvalue weighted by atomic mass is 16.6. The standard InChI is InChI=1S/C17H23N3O3/c1-5-22-20-15(21)11-8-12(10-6-7-10)18-16-14(11)13(19-23-16)9-17(2,3)4/h8,10H,5-7,9H2,1-4H3,(H,20,21). The van der Waals surface area contributed by atoms with Crippen molar-refractivity contribution >= 4 is 17.0 Å². The number of pyridine rings is 1. The van der Waals surface area contributed by atoms with E-state index < -0.39 is 0 Å². The molecule has 0 saturated heterocycles. The summed E-state index contributed by atoms with van der Waals surface area (Å²) in [5.41, 5.74) is 5.15. The van der Waals surface area contributed by atoms with E-state index in [0.717, 1.165) is 24.2 Å². The Morgan fingerprint density at radius 2 is 2.17 bits per heavy atom. The highest BCUT2D eigenvalue weighted by Gasteiger charge is 2.30. The maximum Gasteiger partial charge on any atom is 0.275 e. The van der Waals surface area contributed by atoms with Crippen molar-refractivity contribution in [1.82, 2.24) is 15.6 Å². The molecule has 2 aromatic rings. The van der Waals surface area contributed by atoms with Gasteiger partial charge in [0, 0.05) is 11.6 Å². The van der Waals surface area contributed by atoms with E-state index in [9.17, 15) is 4.79 Å². The summed E-state index contributed by atoms with van der Waals surface area (Å²) in [7, 11) is 0. The van der Waals surface area contributed by atoms with Crippen LogP contribution in [0.25, 0.3) is 11.1 Å². The molecule has 0 aromatic carbocycles. The van der Waals surface area contributed by atoms with Crippen LogP contribution in [0.1, 0.15) is 68.2 Å². The Labute approximate surface area is 135 Å². The predicted molar refractivity (Wildman–Crippen MR) is 86.0 cm³/mol. The Morgan fingerprint density at radius 3 is 2.78 bits per heavy atom. The van der Waals surface area contributed by atoms with Gasteiger partial charge in [-0.25, -0.2) is 10.5 Å². The number of hydrogen-bond acceptors (Lipinski definition) is 5. The van der Waals surface area contributed by atoms with E-state index in [1.165, 1.54) is 0 Å². The van der Waals surface area contributed by atoms with Crippen LogP contribution < -0.4 is 5.48 Å². The fourth-order valence-electron chi connectivity index (χ4n) is 2.61. The zero-order valence-corrected chi connectivity index (χ0v) is 14.1. The first-order chi connectivity index (χ1) is 10.9. The molecular formula is C17H23N3O3. The zero-order valence-electron chi connectivity index (χ0n) is 14.1. The Balaban J connectivity index is 2.08. The van der Waals surface area contributed by atoms with Gasteiger partial charge in [-0.1, -0.05) is 25.9 Å². The van der Waals surface area contributed by atoms with Gasteiger partial charge < -0.3 is 4.52 Å². The summed E-state index contributed by atoms with van der Waals surface area (Å²) < 4.78 is 5.43. The number of nitrogens with one attached hydrogen (secondary N) is 1. The lowest BCUT2D eigenvalue weighted by Crippen LogP contribution is -2.24. The van der Waals surface area contributed by atoms with Crippen LogP contribution in [-0.4, -0.2) is 22.7 Å². The van der Waals surface area contributed by atoms with Gasteiger partial charge in [-0.3, -0.25) is 9.63 Å². The number of aromatic nitrogens is 2. The van der Waals surface area contributed by atoms with Crippen molar-refractivity contribution in [2.75, 3.05) is 6.61 Å². The lowest BCUT2D eigenvalue weighted by Gasteiger charge is -2.16. The maximum atomic E-state index is 12.5. The van der Waals surface area contributed by atoms with E-state index in [-0.39, 0.29) is 11.3 Å². The number of nitrogens with zero attached hydrogens (tertiary/aromatic N) is 2. The minimum absolute atomic E-state index is 0.0344. The average molecular weight is 317 g/mol. The minimum atomic E-state index is -0.278. The van der Waals surface area contributed by atoms with Crippen LogP contribution in [0.4, 0.5) is 0 Å².